The molecule has 0 aliphatic carbocycles. The minimum atomic E-state index is -0.280. The van der Waals surface area contributed by atoms with E-state index in [0.717, 1.165) is 151 Å². The molecule has 7 fully saturated rings. The monoisotopic (exact) mass is 1800 g/mol. The lowest BCUT2D eigenvalue weighted by Gasteiger charge is -2.35. The maximum absolute atomic E-state index is 14.2. The number of aromatic nitrogens is 6. The molecule has 7 aliphatic rings. The second kappa shape index (κ2) is 48.8. The minimum Gasteiger partial charge on any atom is -0.457 e. The fourth-order valence-electron chi connectivity index (χ4n) is 18.9. The van der Waals surface area contributed by atoms with Crippen molar-refractivity contribution >= 4 is 34.6 Å². The summed E-state index contributed by atoms with van der Waals surface area (Å²) in [4.78, 5) is 72.4. The largest absolute Gasteiger partial charge is 0.457 e. The zero-order chi connectivity index (χ0) is 91.3. The third-order valence-electron chi connectivity index (χ3n) is 26.4. The molecule has 6 aromatic carbocycles. The van der Waals surface area contributed by atoms with E-state index in [1.807, 2.05) is 161 Å². The molecule has 7 unspecified atom stereocenters. The number of nitrogens with zero attached hydrogens (tertiary/aromatic N) is 15. The molecule has 12 aromatic rings. The number of benzene rings is 6. The lowest BCUT2D eigenvalue weighted by atomic mass is 9.96. The first-order valence-electron chi connectivity index (χ1n) is 46.1. The Morgan fingerprint density at radius 1 is 0.346 bits per heavy atom. The zero-order valence-corrected chi connectivity index (χ0v) is 77.5. The van der Waals surface area contributed by atoms with E-state index in [4.69, 9.17) is 9.47 Å². The van der Waals surface area contributed by atoms with Gasteiger partial charge in [0.15, 0.2) is 5.78 Å². The molecule has 0 amide bonds. The highest BCUT2D eigenvalue weighted by Gasteiger charge is 2.38. The van der Waals surface area contributed by atoms with Gasteiger partial charge in [-0.25, -0.2) is 23.1 Å². The van der Waals surface area contributed by atoms with Crippen molar-refractivity contribution in [3.05, 3.63) is 345 Å². The Kier molecular flexibility index (Phi) is 37.3. The Hall–Kier alpha value is -11.7. The minimum absolute atomic E-state index is 0. The molecule has 22 heteroatoms. The molecule has 0 radical (unpaired) electrons. The van der Waals surface area contributed by atoms with Gasteiger partial charge in [0.1, 0.15) is 57.8 Å². The molecule has 0 N–H and O–H groups in total. The number of aryl methyl sites for hydroxylation is 4. The van der Waals surface area contributed by atoms with Crippen LogP contribution >= 0.6 is 0 Å². The van der Waals surface area contributed by atoms with E-state index < -0.39 is 0 Å². The van der Waals surface area contributed by atoms with Gasteiger partial charge < -0.3 is 19.3 Å². The number of carbonyl (C=O) groups excluding carboxylic acids is 2. The number of ketones is 2. The summed E-state index contributed by atoms with van der Waals surface area (Å²) in [7, 11) is 16.7. The molecule has 13 heterocycles. The Morgan fingerprint density at radius 3 is 1.29 bits per heavy atom. The number of carbonyl (C=O) groups is 2. The number of pyridine rings is 6. The Morgan fingerprint density at radius 2 is 0.782 bits per heavy atom. The molecule has 702 valence electrons. The van der Waals surface area contributed by atoms with Crippen LogP contribution in [0.4, 0.5) is 36.2 Å². The van der Waals surface area contributed by atoms with Crippen LogP contribution in [0.5, 0.6) is 23.0 Å². The van der Waals surface area contributed by atoms with Gasteiger partial charge in [-0.1, -0.05) is 123 Å². The lowest BCUT2D eigenvalue weighted by Crippen LogP contribution is -2.42. The Bertz CT molecular complexity index is 5560. The van der Waals surface area contributed by atoms with Crippen molar-refractivity contribution < 1.29 is 32.2 Å². The van der Waals surface area contributed by atoms with Crippen LogP contribution in [-0.2, 0) is 0 Å². The van der Waals surface area contributed by atoms with Gasteiger partial charge >= 0.3 is 0 Å². The van der Waals surface area contributed by atoms with Crippen LogP contribution in [0.1, 0.15) is 236 Å². The summed E-state index contributed by atoms with van der Waals surface area (Å²) in [5.74, 6) is 4.25. The first kappa shape index (κ1) is 102. The Labute approximate surface area is 789 Å². The highest BCUT2D eigenvalue weighted by Crippen LogP contribution is 2.42. The third kappa shape index (κ3) is 26.9. The normalized spacial score (nSPS) is 19.6. The van der Waals surface area contributed by atoms with Crippen LogP contribution < -0.4 is 19.3 Å². The first-order chi connectivity index (χ1) is 62.9. The summed E-state index contributed by atoms with van der Waals surface area (Å²) in [5, 5.41) is 0. The van der Waals surface area contributed by atoms with Crippen LogP contribution in [0, 0.1) is 45.1 Å². The average molecular weight is 1800 g/mol. The van der Waals surface area contributed by atoms with Crippen LogP contribution in [0.2, 0.25) is 0 Å². The number of rotatable bonds is 19. The van der Waals surface area contributed by atoms with Gasteiger partial charge in [-0.05, 0) is 337 Å². The van der Waals surface area contributed by atoms with Crippen LogP contribution in [-0.4, -0.2) is 184 Å². The summed E-state index contributed by atoms with van der Waals surface area (Å²) >= 11 is 0. The SMILES string of the molecule is C.C.C.CN(c1ccc(F)cc1)c1cc(C2CCCN2C)c(F)cn1.CN(c1ccc(F)cc1)c1cc(C2CCCN2C)ccn1.Cc1ccc(C(=O)c2cncc(C3CCCN3C)c2)cc1.Cc1ccc(C(=O)c2ncccc2C2CCCN2C2CCCN2C)cc1.Cc1ccc(Oc2ccnc(C3CCCN3C)c2)cc1.Cc1ccc(Oc2cncc(C3CCCN3C)c2)cc1. The number of likely N-dealkylation sites (tertiary alicyclic amines) is 7. The number of anilines is 4. The standard InChI is InChI=1S/C22H27N3O.C18H20N2O.C17H19F2N3.C17H20FN3.2C17H20N2O.3CH4/c1-16-9-11-17(12-10-16)22(26)21-18(6-3-13-23-21)19-7-4-15-25(19)20-8-5-14-24(20)2;1-13-5-7-14(8-6-13)18(21)16-10-15(11-19-12-16)17-4-3-9-20(17)2;1-21-9-3-4-16(21)14-10-17(20-11-15(14)19)22(2)13-7-5-12(18)6-8-13;1-20-11-3-4-16(20)13-9-10-19-17(12-13)21(2)15-7-5-14(18)6-8-15;1-13-5-7-14(8-6-13)20-15-9-10-18-16(12-15)17-4-3-11-19(17)2;1-13-5-7-15(8-6-13)20-16-10-14(11-18-12-16)17-4-3-9-19(17)2;;;/h3,6,9-13,19-20H,4-5,7-8,14-15H2,1-2H3;5-8,10-12,17H,3-4,9H2,1-2H3;5-8,10-11,16H,3-4,9H2,1-2H3;5-10,12,16H,3-4,11H2,1-2H3;5-10,12,17H,3-4,11H2,1-2H3;5-8,10-12,17H,3-4,9H2,1-2H3;3*1H4. The molecule has 7 atom stereocenters. The summed E-state index contributed by atoms with van der Waals surface area (Å²) in [6, 6.07) is 64.7. The van der Waals surface area contributed by atoms with Gasteiger partial charge in [-0.3, -0.25) is 63.8 Å². The molecule has 133 heavy (non-hydrogen) atoms. The maximum Gasteiger partial charge on any atom is 0.211 e. The van der Waals surface area contributed by atoms with Crippen molar-refractivity contribution in [2.24, 2.45) is 0 Å². The quantitative estimate of drug-likeness (QED) is 0.0703. The van der Waals surface area contributed by atoms with Crippen molar-refractivity contribution in [1.82, 2.24) is 64.2 Å². The number of halogens is 3. The van der Waals surface area contributed by atoms with Crippen molar-refractivity contribution in [3.63, 3.8) is 0 Å². The predicted octanol–water partition coefficient (Wildman–Crippen LogP) is 24.7. The predicted molar refractivity (Wildman–Crippen MR) is 534 cm³/mol. The third-order valence-corrected chi connectivity index (χ3v) is 26.4. The zero-order valence-electron chi connectivity index (χ0n) is 77.5. The first-order valence-corrected chi connectivity index (χ1v) is 46.1. The average Bonchev–Trinajstić information content (AvgIpc) is 1.68. The second-order valence-corrected chi connectivity index (χ2v) is 35.8. The van der Waals surface area contributed by atoms with Crippen molar-refractivity contribution in [1.29, 1.82) is 0 Å². The van der Waals surface area contributed by atoms with Gasteiger partial charge in [0.25, 0.3) is 0 Å². The van der Waals surface area contributed by atoms with Gasteiger partial charge in [0.05, 0.1) is 30.3 Å². The molecular formula is C111H138F3N15O4. The van der Waals surface area contributed by atoms with Crippen LogP contribution in [0.25, 0.3) is 0 Å². The number of ether oxygens (including phenoxy) is 2. The topological polar surface area (TPSA) is 159 Å². The molecule has 7 aliphatic heterocycles. The fourth-order valence-corrected chi connectivity index (χ4v) is 18.9. The van der Waals surface area contributed by atoms with E-state index in [0.29, 0.717) is 59.0 Å². The van der Waals surface area contributed by atoms with Gasteiger partial charge in [0, 0.05) is 128 Å². The molecule has 0 saturated carbocycles. The summed E-state index contributed by atoms with van der Waals surface area (Å²) < 4.78 is 52.0. The van der Waals surface area contributed by atoms with E-state index in [9.17, 15) is 22.8 Å². The fraction of sp³-hybridized carbons (Fsp3) is 0.387. The van der Waals surface area contributed by atoms with Gasteiger partial charge in [0.2, 0.25) is 5.78 Å². The van der Waals surface area contributed by atoms with Gasteiger partial charge in [-0.2, -0.15) is 0 Å². The van der Waals surface area contributed by atoms with Crippen molar-refractivity contribution in [3.8, 4) is 23.0 Å². The highest BCUT2D eigenvalue weighted by molar-refractivity contribution is 6.09. The van der Waals surface area contributed by atoms with Gasteiger partial charge in [-0.15, -0.1) is 0 Å². The van der Waals surface area contributed by atoms with E-state index in [-0.39, 0.29) is 57.3 Å². The van der Waals surface area contributed by atoms with Crippen LogP contribution in [0.3, 0.4) is 0 Å². The second-order valence-electron chi connectivity index (χ2n) is 35.8. The van der Waals surface area contributed by atoms with E-state index in [2.05, 4.69) is 168 Å². The number of hydrogen-bond acceptors (Lipinski definition) is 19. The van der Waals surface area contributed by atoms with E-state index in [1.165, 1.54) is 117 Å². The summed E-state index contributed by atoms with van der Waals surface area (Å²) in [6.45, 7) is 16.0. The molecule has 6 aromatic heterocycles. The molecule has 7 saturated heterocycles. The smallest absolute Gasteiger partial charge is 0.211 e. The van der Waals surface area contributed by atoms with Crippen molar-refractivity contribution in [2.45, 2.75) is 182 Å². The summed E-state index contributed by atoms with van der Waals surface area (Å²) in [6.07, 6.45) is 30.9. The van der Waals surface area contributed by atoms with Crippen LogP contribution in [0.15, 0.2) is 250 Å². The molecular weight excluding hydrogens is 1660 g/mol. The van der Waals surface area contributed by atoms with Crippen molar-refractivity contribution in [2.75, 3.05) is 112 Å². The maximum atomic E-state index is 14.2. The Balaban J connectivity index is 0.000000153. The summed E-state index contributed by atoms with van der Waals surface area (Å²) in [5.41, 5.74) is 15.8. The molecule has 0 spiro atoms. The lowest BCUT2D eigenvalue weighted by molar-refractivity contribution is 0.0804. The van der Waals surface area contributed by atoms with E-state index >= 15 is 0 Å². The highest BCUT2D eigenvalue weighted by atomic mass is 19.1. The molecule has 0 bridgehead atoms. The molecule has 19 nitrogen and oxygen atoms in total. The molecule has 19 rings (SSSR count). The number of hydrogen-bond donors (Lipinski definition) is 0. The van der Waals surface area contributed by atoms with E-state index in [1.54, 1.807) is 48.9 Å².